The zero-order valence-corrected chi connectivity index (χ0v) is 12.2. The van der Waals surface area contributed by atoms with Gasteiger partial charge < -0.3 is 9.84 Å². The summed E-state index contributed by atoms with van der Waals surface area (Å²) >= 11 is 0. The molecule has 1 saturated heterocycles. The van der Waals surface area contributed by atoms with Crippen molar-refractivity contribution in [3.05, 3.63) is 29.3 Å². The Hall–Kier alpha value is -0.790. The van der Waals surface area contributed by atoms with Gasteiger partial charge in [0.15, 0.2) is 0 Å². The van der Waals surface area contributed by atoms with Crippen LogP contribution in [0.15, 0.2) is 18.2 Å². The quantitative estimate of drug-likeness (QED) is 0.800. The molecule has 5 nitrogen and oxygen atoms in total. The van der Waals surface area contributed by atoms with E-state index in [2.05, 4.69) is 0 Å². The topological polar surface area (TPSA) is 73.2 Å². The summed E-state index contributed by atoms with van der Waals surface area (Å²) in [4.78, 5) is 0. The van der Waals surface area contributed by atoms with Crippen molar-refractivity contribution in [2.24, 2.45) is 0 Å². The predicted molar refractivity (Wildman–Crippen MR) is 80.2 cm³/mol. The lowest BCUT2D eigenvalue weighted by Crippen LogP contribution is -2.23. The zero-order chi connectivity index (χ0) is 14.2. The first-order chi connectivity index (χ1) is 9.62. The second-order valence-corrected chi connectivity index (χ2v) is 7.41. The third kappa shape index (κ3) is 2.54. The van der Waals surface area contributed by atoms with E-state index in [0.717, 1.165) is 24.1 Å². The Balaban J connectivity index is 1.89. The van der Waals surface area contributed by atoms with Gasteiger partial charge in [-0.3, -0.25) is 13.4 Å². The fourth-order valence-corrected chi connectivity index (χ4v) is 4.60. The molecule has 1 fully saturated rings. The highest BCUT2D eigenvalue weighted by molar-refractivity contribution is 8.25. The standard InChI is InChI=1S/C14H21NO4S/c16-7-4-14-13-3-2-12(10-11(13)5-8-19-14)15-6-1-9-20(15,17)18/h2-3,10,14,16-18H,1,4-9H2/t14-/m0/s1. The Kier molecular flexibility index (Phi) is 3.92. The maximum atomic E-state index is 10.1. The van der Waals surface area contributed by atoms with Gasteiger partial charge in [-0.05, 0) is 36.1 Å². The van der Waals surface area contributed by atoms with Gasteiger partial charge in [0.2, 0.25) is 0 Å². The molecule has 2 heterocycles. The number of hydrogen-bond acceptors (Lipinski definition) is 5. The third-order valence-electron chi connectivity index (χ3n) is 3.98. The van der Waals surface area contributed by atoms with Crippen LogP contribution < -0.4 is 4.31 Å². The summed E-state index contributed by atoms with van der Waals surface area (Å²) in [5.74, 6) is 0.459. The Bertz CT molecular complexity index is 494. The van der Waals surface area contributed by atoms with E-state index in [1.165, 1.54) is 5.56 Å². The molecule has 2 aliphatic heterocycles. The van der Waals surface area contributed by atoms with Crippen LogP contribution >= 0.6 is 10.8 Å². The number of aliphatic hydroxyl groups excluding tert-OH is 1. The van der Waals surface area contributed by atoms with Gasteiger partial charge in [0.25, 0.3) is 0 Å². The van der Waals surface area contributed by atoms with Crippen molar-refractivity contribution in [2.45, 2.75) is 25.4 Å². The minimum atomic E-state index is -2.63. The van der Waals surface area contributed by atoms with Crippen LogP contribution in [-0.4, -0.2) is 39.7 Å². The molecule has 1 aromatic carbocycles. The van der Waals surface area contributed by atoms with Crippen LogP contribution in [0.1, 0.15) is 30.1 Å². The first kappa shape index (κ1) is 14.2. The lowest BCUT2D eigenvalue weighted by molar-refractivity contribution is 0.0254. The summed E-state index contributed by atoms with van der Waals surface area (Å²) in [6.07, 6.45) is 2.20. The van der Waals surface area contributed by atoms with Gasteiger partial charge in [-0.1, -0.05) is 6.07 Å². The molecule has 1 atom stereocenters. The van der Waals surface area contributed by atoms with Gasteiger partial charge in [0.1, 0.15) is 0 Å². The number of anilines is 1. The predicted octanol–water partition coefficient (Wildman–Crippen LogP) is 2.56. The second kappa shape index (κ2) is 5.54. The molecule has 1 aromatic rings. The number of aliphatic hydroxyl groups is 1. The normalized spacial score (nSPS) is 26.4. The van der Waals surface area contributed by atoms with E-state index in [-0.39, 0.29) is 12.7 Å². The van der Waals surface area contributed by atoms with Gasteiger partial charge in [-0.2, -0.15) is 0 Å². The molecular weight excluding hydrogens is 278 g/mol. The number of fused-ring (bicyclic) bond motifs is 1. The molecule has 0 spiro atoms. The van der Waals surface area contributed by atoms with Crippen LogP contribution in [-0.2, 0) is 11.2 Å². The van der Waals surface area contributed by atoms with E-state index in [1.54, 1.807) is 4.31 Å². The lowest BCUT2D eigenvalue weighted by atomic mass is 9.95. The summed E-state index contributed by atoms with van der Waals surface area (Å²) in [6.45, 7) is 1.45. The highest BCUT2D eigenvalue weighted by Gasteiger charge is 2.30. The number of benzene rings is 1. The molecule has 0 bridgehead atoms. The fraction of sp³-hybridized carbons (Fsp3) is 0.571. The van der Waals surface area contributed by atoms with Crippen LogP contribution in [0.4, 0.5) is 5.69 Å². The summed E-state index contributed by atoms with van der Waals surface area (Å²) in [6, 6.07) is 5.97. The van der Waals surface area contributed by atoms with Gasteiger partial charge in [0, 0.05) is 19.6 Å². The molecular formula is C14H21NO4S. The summed E-state index contributed by atoms with van der Waals surface area (Å²) in [7, 11) is -2.63. The molecule has 6 heteroatoms. The Labute approximate surface area is 120 Å². The van der Waals surface area contributed by atoms with Crippen LogP contribution in [0.3, 0.4) is 0 Å². The van der Waals surface area contributed by atoms with E-state index in [4.69, 9.17) is 9.84 Å². The van der Waals surface area contributed by atoms with Crippen molar-refractivity contribution in [1.82, 2.24) is 0 Å². The van der Waals surface area contributed by atoms with Crippen molar-refractivity contribution >= 4 is 16.5 Å². The number of nitrogens with zero attached hydrogens (tertiary/aromatic N) is 1. The monoisotopic (exact) mass is 299 g/mol. The third-order valence-corrected chi connectivity index (χ3v) is 5.91. The first-order valence-electron chi connectivity index (χ1n) is 7.01. The lowest BCUT2D eigenvalue weighted by Gasteiger charge is -2.38. The Morgan fingerprint density at radius 3 is 2.90 bits per heavy atom. The van der Waals surface area contributed by atoms with Gasteiger partial charge in [-0.15, -0.1) is 10.8 Å². The van der Waals surface area contributed by atoms with Crippen molar-refractivity contribution in [2.75, 3.05) is 29.8 Å². The highest BCUT2D eigenvalue weighted by atomic mass is 32.3. The Morgan fingerprint density at radius 2 is 2.20 bits per heavy atom. The highest BCUT2D eigenvalue weighted by Crippen LogP contribution is 2.51. The fourth-order valence-electron chi connectivity index (χ4n) is 2.99. The maximum absolute atomic E-state index is 10.1. The van der Waals surface area contributed by atoms with E-state index in [1.807, 2.05) is 18.2 Å². The molecule has 0 radical (unpaired) electrons. The second-order valence-electron chi connectivity index (χ2n) is 5.30. The molecule has 0 saturated carbocycles. The molecule has 112 valence electrons. The van der Waals surface area contributed by atoms with Crippen molar-refractivity contribution < 1.29 is 18.9 Å². The van der Waals surface area contributed by atoms with Gasteiger partial charge >= 0.3 is 0 Å². The van der Waals surface area contributed by atoms with E-state index < -0.39 is 10.8 Å². The largest absolute Gasteiger partial charge is 0.396 e. The minimum absolute atomic E-state index is 0.0447. The molecule has 3 rings (SSSR count). The van der Waals surface area contributed by atoms with Crippen molar-refractivity contribution in [1.29, 1.82) is 0 Å². The molecule has 0 amide bonds. The molecule has 0 aliphatic carbocycles. The number of ether oxygens (including phenoxy) is 1. The van der Waals surface area contributed by atoms with Crippen molar-refractivity contribution in [3.8, 4) is 0 Å². The summed E-state index contributed by atoms with van der Waals surface area (Å²) < 4.78 is 27.5. The molecule has 20 heavy (non-hydrogen) atoms. The SMILES string of the molecule is OCC[C@@H]1OCCc2cc(N3CCCS3(O)O)ccc21. The first-order valence-corrected chi connectivity index (χ1v) is 8.68. The molecule has 2 aliphatic rings. The Morgan fingerprint density at radius 1 is 1.35 bits per heavy atom. The van der Waals surface area contributed by atoms with Crippen LogP contribution in [0.25, 0.3) is 0 Å². The number of hydrogen-bond donors (Lipinski definition) is 3. The van der Waals surface area contributed by atoms with E-state index >= 15 is 0 Å². The van der Waals surface area contributed by atoms with Crippen molar-refractivity contribution in [3.63, 3.8) is 0 Å². The number of rotatable bonds is 3. The molecule has 0 aromatic heterocycles. The van der Waals surface area contributed by atoms with E-state index in [0.29, 0.717) is 25.3 Å². The molecule has 3 N–H and O–H groups in total. The van der Waals surface area contributed by atoms with Crippen LogP contribution in [0, 0.1) is 0 Å². The average Bonchev–Trinajstić information content (AvgIpc) is 2.78. The summed E-state index contributed by atoms with van der Waals surface area (Å²) in [5.41, 5.74) is 3.19. The van der Waals surface area contributed by atoms with Gasteiger partial charge in [-0.25, -0.2) is 0 Å². The molecule has 0 unspecified atom stereocenters. The van der Waals surface area contributed by atoms with Crippen LogP contribution in [0.5, 0.6) is 0 Å². The van der Waals surface area contributed by atoms with Gasteiger partial charge in [0.05, 0.1) is 24.2 Å². The maximum Gasteiger partial charge on any atom is 0.0849 e. The average molecular weight is 299 g/mol. The van der Waals surface area contributed by atoms with E-state index in [9.17, 15) is 9.11 Å². The van der Waals surface area contributed by atoms with Crippen LogP contribution in [0.2, 0.25) is 0 Å². The summed E-state index contributed by atoms with van der Waals surface area (Å²) in [5, 5.41) is 9.09. The minimum Gasteiger partial charge on any atom is -0.396 e. The zero-order valence-electron chi connectivity index (χ0n) is 11.4. The smallest absolute Gasteiger partial charge is 0.0849 e.